The van der Waals surface area contributed by atoms with Crippen molar-refractivity contribution >= 4 is 0 Å². The van der Waals surface area contributed by atoms with Gasteiger partial charge < -0.3 is 5.11 Å². The normalized spacial score (nSPS) is 26.4. The number of nitrogens with zero attached hydrogens (tertiary/aromatic N) is 3. The van der Waals surface area contributed by atoms with Gasteiger partial charge in [-0.05, 0) is 51.6 Å². The first-order valence-corrected chi connectivity index (χ1v) is 8.18. The maximum Gasteiger partial charge on any atom is 0.0765 e. The molecule has 0 spiro atoms. The van der Waals surface area contributed by atoms with Gasteiger partial charge in [0.1, 0.15) is 0 Å². The van der Waals surface area contributed by atoms with Gasteiger partial charge in [0.2, 0.25) is 0 Å². The van der Waals surface area contributed by atoms with Crippen molar-refractivity contribution in [3.63, 3.8) is 0 Å². The number of aliphatic hydroxyl groups is 1. The minimum Gasteiger partial charge on any atom is -0.393 e. The highest BCUT2D eigenvalue weighted by atomic mass is 16.3. The Hall–Kier alpha value is -0.870. The average molecular weight is 277 g/mol. The Bertz CT molecular complexity index is 423. The van der Waals surface area contributed by atoms with Gasteiger partial charge in [-0.1, -0.05) is 12.8 Å². The molecule has 4 nitrogen and oxygen atoms in total. The van der Waals surface area contributed by atoms with E-state index in [0.717, 1.165) is 19.5 Å². The number of aromatic nitrogens is 2. The first-order chi connectivity index (χ1) is 9.72. The molecule has 112 valence electrons. The van der Waals surface area contributed by atoms with Crippen molar-refractivity contribution in [1.29, 1.82) is 0 Å². The van der Waals surface area contributed by atoms with Crippen molar-refractivity contribution in [2.75, 3.05) is 6.54 Å². The highest BCUT2D eigenvalue weighted by Gasteiger charge is 2.26. The minimum atomic E-state index is -0.198. The lowest BCUT2D eigenvalue weighted by atomic mass is 10.1. The molecule has 1 saturated heterocycles. The van der Waals surface area contributed by atoms with Gasteiger partial charge in [-0.25, -0.2) is 0 Å². The Kier molecular flexibility index (Phi) is 4.41. The van der Waals surface area contributed by atoms with Gasteiger partial charge in [0.25, 0.3) is 0 Å². The van der Waals surface area contributed by atoms with E-state index in [0.29, 0.717) is 12.1 Å². The van der Waals surface area contributed by atoms with E-state index in [1.165, 1.54) is 44.2 Å². The zero-order valence-electron chi connectivity index (χ0n) is 12.5. The summed E-state index contributed by atoms with van der Waals surface area (Å²) in [5.41, 5.74) is 1.19. The SMILES string of the molecule is CC(O)CC1CCCN1Cc1ccn(C2CCCC2)n1. The van der Waals surface area contributed by atoms with Crippen molar-refractivity contribution in [3.05, 3.63) is 18.0 Å². The standard InChI is InChI=1S/C16H27N3O/c1-13(20)11-16-7-4-9-18(16)12-14-8-10-19(17-14)15-5-2-3-6-15/h8,10,13,15-16,20H,2-7,9,11-12H2,1H3. The van der Waals surface area contributed by atoms with Crippen LogP contribution >= 0.6 is 0 Å². The molecule has 2 fully saturated rings. The Labute approximate surface area is 121 Å². The molecule has 1 aliphatic carbocycles. The molecular formula is C16H27N3O. The Morgan fingerprint density at radius 3 is 2.85 bits per heavy atom. The Morgan fingerprint density at radius 1 is 1.30 bits per heavy atom. The third-order valence-electron chi connectivity index (χ3n) is 4.84. The van der Waals surface area contributed by atoms with Crippen molar-refractivity contribution in [2.45, 2.75) is 76.6 Å². The minimum absolute atomic E-state index is 0.198. The highest BCUT2D eigenvalue weighted by Crippen LogP contribution is 2.29. The molecule has 2 aliphatic rings. The van der Waals surface area contributed by atoms with Gasteiger partial charge in [-0.15, -0.1) is 0 Å². The smallest absolute Gasteiger partial charge is 0.0765 e. The average Bonchev–Trinajstić information content (AvgIpc) is 3.11. The molecule has 0 bridgehead atoms. The number of aliphatic hydroxyl groups excluding tert-OH is 1. The van der Waals surface area contributed by atoms with E-state index >= 15 is 0 Å². The fourth-order valence-corrected chi connectivity index (χ4v) is 3.81. The quantitative estimate of drug-likeness (QED) is 0.899. The van der Waals surface area contributed by atoms with Crippen LogP contribution in [0.3, 0.4) is 0 Å². The van der Waals surface area contributed by atoms with Gasteiger partial charge in [0.05, 0.1) is 17.8 Å². The van der Waals surface area contributed by atoms with Crippen molar-refractivity contribution < 1.29 is 5.11 Å². The molecule has 1 aliphatic heterocycles. The van der Waals surface area contributed by atoms with E-state index < -0.39 is 0 Å². The molecule has 1 aromatic heterocycles. The second-order valence-corrected chi connectivity index (χ2v) is 6.58. The molecule has 2 unspecified atom stereocenters. The third-order valence-corrected chi connectivity index (χ3v) is 4.84. The maximum absolute atomic E-state index is 9.60. The summed E-state index contributed by atoms with van der Waals surface area (Å²) in [4.78, 5) is 2.49. The van der Waals surface area contributed by atoms with Crippen molar-refractivity contribution in [1.82, 2.24) is 14.7 Å². The molecule has 0 aromatic carbocycles. The number of likely N-dealkylation sites (tertiary alicyclic amines) is 1. The fraction of sp³-hybridized carbons (Fsp3) is 0.812. The summed E-state index contributed by atoms with van der Waals surface area (Å²) in [5, 5.41) is 14.4. The van der Waals surface area contributed by atoms with E-state index in [1.807, 2.05) is 6.92 Å². The number of hydrogen-bond donors (Lipinski definition) is 1. The predicted molar refractivity (Wildman–Crippen MR) is 79.5 cm³/mol. The molecule has 0 amide bonds. The maximum atomic E-state index is 9.60. The first-order valence-electron chi connectivity index (χ1n) is 8.18. The topological polar surface area (TPSA) is 41.3 Å². The number of rotatable bonds is 5. The monoisotopic (exact) mass is 277 g/mol. The lowest BCUT2D eigenvalue weighted by Crippen LogP contribution is -2.31. The molecule has 2 atom stereocenters. The second kappa shape index (κ2) is 6.27. The lowest BCUT2D eigenvalue weighted by Gasteiger charge is -2.24. The van der Waals surface area contributed by atoms with Crippen LogP contribution in [0, 0.1) is 0 Å². The van der Waals surface area contributed by atoms with E-state index in [9.17, 15) is 5.11 Å². The van der Waals surface area contributed by atoms with Crippen LogP contribution in [0.1, 0.15) is 63.6 Å². The molecular weight excluding hydrogens is 250 g/mol. The summed E-state index contributed by atoms with van der Waals surface area (Å²) < 4.78 is 2.18. The first kappa shape index (κ1) is 14.1. The molecule has 2 heterocycles. The molecule has 20 heavy (non-hydrogen) atoms. The highest BCUT2D eigenvalue weighted by molar-refractivity contribution is 5.01. The van der Waals surface area contributed by atoms with Crippen LogP contribution in [0.25, 0.3) is 0 Å². The molecule has 1 aromatic rings. The van der Waals surface area contributed by atoms with Crippen LogP contribution in [0.5, 0.6) is 0 Å². The van der Waals surface area contributed by atoms with Crippen LogP contribution in [0.2, 0.25) is 0 Å². The largest absolute Gasteiger partial charge is 0.393 e. The van der Waals surface area contributed by atoms with Crippen molar-refractivity contribution in [3.8, 4) is 0 Å². The molecule has 4 heteroatoms. The Balaban J connectivity index is 1.59. The summed E-state index contributed by atoms with van der Waals surface area (Å²) in [5.74, 6) is 0. The van der Waals surface area contributed by atoms with Crippen LogP contribution in [0.15, 0.2) is 12.3 Å². The second-order valence-electron chi connectivity index (χ2n) is 6.58. The lowest BCUT2D eigenvalue weighted by molar-refractivity contribution is 0.130. The predicted octanol–water partition coefficient (Wildman–Crippen LogP) is 2.73. The molecule has 1 N–H and O–H groups in total. The fourth-order valence-electron chi connectivity index (χ4n) is 3.81. The zero-order chi connectivity index (χ0) is 13.9. The van der Waals surface area contributed by atoms with Crippen LogP contribution in [0.4, 0.5) is 0 Å². The summed E-state index contributed by atoms with van der Waals surface area (Å²) >= 11 is 0. The summed E-state index contributed by atoms with van der Waals surface area (Å²) in [6, 6.07) is 3.35. The van der Waals surface area contributed by atoms with Gasteiger partial charge >= 0.3 is 0 Å². The van der Waals surface area contributed by atoms with Crippen molar-refractivity contribution in [2.24, 2.45) is 0 Å². The zero-order valence-corrected chi connectivity index (χ0v) is 12.5. The van der Waals surface area contributed by atoms with Gasteiger partial charge in [0.15, 0.2) is 0 Å². The molecule has 1 saturated carbocycles. The summed E-state index contributed by atoms with van der Waals surface area (Å²) in [6.07, 6.45) is 10.6. The van der Waals surface area contributed by atoms with E-state index in [-0.39, 0.29) is 6.10 Å². The van der Waals surface area contributed by atoms with Gasteiger partial charge in [-0.2, -0.15) is 5.10 Å². The van der Waals surface area contributed by atoms with Gasteiger partial charge in [0, 0.05) is 18.8 Å². The van der Waals surface area contributed by atoms with Crippen LogP contribution < -0.4 is 0 Å². The van der Waals surface area contributed by atoms with E-state index in [2.05, 4.69) is 21.8 Å². The molecule has 0 radical (unpaired) electrons. The molecule has 3 rings (SSSR count). The van der Waals surface area contributed by atoms with Crippen LogP contribution in [-0.4, -0.2) is 38.5 Å². The Morgan fingerprint density at radius 2 is 2.10 bits per heavy atom. The third kappa shape index (κ3) is 3.23. The van der Waals surface area contributed by atoms with Gasteiger partial charge in [-0.3, -0.25) is 9.58 Å². The van der Waals surface area contributed by atoms with E-state index in [1.54, 1.807) is 0 Å². The van der Waals surface area contributed by atoms with Crippen LogP contribution in [-0.2, 0) is 6.54 Å². The summed E-state index contributed by atoms with van der Waals surface area (Å²) in [6.45, 7) is 3.98. The number of hydrogen-bond acceptors (Lipinski definition) is 3. The summed E-state index contributed by atoms with van der Waals surface area (Å²) in [7, 11) is 0. The van der Waals surface area contributed by atoms with E-state index in [4.69, 9.17) is 5.10 Å².